The first-order valence-corrected chi connectivity index (χ1v) is 22.3. The van der Waals surface area contributed by atoms with Crippen LogP contribution in [0.2, 0.25) is 0 Å². The van der Waals surface area contributed by atoms with Crippen LogP contribution in [0.1, 0.15) is 111 Å². The molecule has 3 heterocycles. The van der Waals surface area contributed by atoms with E-state index in [9.17, 15) is 0 Å². The molecule has 2 aliphatic heterocycles. The van der Waals surface area contributed by atoms with E-state index < -0.39 is 0 Å². The van der Waals surface area contributed by atoms with Gasteiger partial charge >= 0.3 is 0 Å². The lowest BCUT2D eigenvalue weighted by atomic mass is 9.33. The predicted octanol–water partition coefficient (Wildman–Crippen LogP) is 14.1. The highest BCUT2D eigenvalue weighted by molar-refractivity contribution is 7.22. The molecule has 6 aromatic carbocycles. The van der Waals surface area contributed by atoms with Crippen LogP contribution in [0.25, 0.3) is 20.5 Å². The highest BCUT2D eigenvalue weighted by Crippen LogP contribution is 2.49. The lowest BCUT2D eigenvalue weighted by molar-refractivity contribution is 0.590. The van der Waals surface area contributed by atoms with Gasteiger partial charge in [0.05, 0.1) is 5.69 Å². The van der Waals surface area contributed by atoms with Crippen molar-refractivity contribution < 1.29 is 0 Å². The minimum Gasteiger partial charge on any atom is -0.311 e. The molecule has 0 saturated carbocycles. The first-order chi connectivity index (χ1) is 27.7. The van der Waals surface area contributed by atoms with E-state index >= 15 is 0 Å². The maximum atomic E-state index is 2.62. The molecule has 0 aliphatic carbocycles. The third kappa shape index (κ3) is 6.72. The topological polar surface area (TPSA) is 6.48 Å². The van der Waals surface area contributed by atoms with Crippen LogP contribution >= 0.6 is 11.3 Å². The highest BCUT2D eigenvalue weighted by atomic mass is 32.1. The summed E-state index contributed by atoms with van der Waals surface area (Å²) in [7, 11) is 0. The van der Waals surface area contributed by atoms with Crippen molar-refractivity contribution in [1.29, 1.82) is 0 Å². The molecule has 9 rings (SSSR count). The first kappa shape index (κ1) is 39.4. The van der Waals surface area contributed by atoms with E-state index in [-0.39, 0.29) is 28.4 Å². The van der Waals surface area contributed by atoms with Gasteiger partial charge in [-0.15, -0.1) is 11.3 Å². The van der Waals surface area contributed by atoms with Crippen LogP contribution in [-0.2, 0) is 21.7 Å². The van der Waals surface area contributed by atoms with Gasteiger partial charge < -0.3 is 9.80 Å². The lowest BCUT2D eigenvalue weighted by Crippen LogP contribution is -2.61. The molecule has 4 heteroatoms. The summed E-state index contributed by atoms with van der Waals surface area (Å²) in [5.74, 6) is 0. The van der Waals surface area contributed by atoms with E-state index in [1.807, 2.05) is 11.3 Å². The van der Waals surface area contributed by atoms with Gasteiger partial charge in [0.2, 0.25) is 0 Å². The van der Waals surface area contributed by atoms with E-state index in [0.717, 1.165) is 0 Å². The standard InChI is InChI=1S/C55H59BN2S/c1-34-28-47-51-48(29-34)58(44-25-20-37(53(5,6)7)31-41(44)50-30-35-16-14-15-17-49(35)59-50)46-27-22-39(55(11,12)13)33-43(46)56(51)42-32-38(54(8,9)10)21-26-45(42)57(47)40-23-18-36(19-24-40)52(2,3)4/h14-33H,1-13H3. The fourth-order valence-electron chi connectivity index (χ4n) is 9.23. The number of thiophene rings is 1. The van der Waals surface area contributed by atoms with Crippen molar-refractivity contribution in [2.75, 3.05) is 9.80 Å². The summed E-state index contributed by atoms with van der Waals surface area (Å²) >= 11 is 1.90. The van der Waals surface area contributed by atoms with Gasteiger partial charge in [0, 0.05) is 43.6 Å². The molecule has 0 fully saturated rings. The van der Waals surface area contributed by atoms with E-state index in [1.165, 1.54) is 98.9 Å². The number of fused-ring (bicyclic) bond motifs is 5. The van der Waals surface area contributed by atoms with Crippen LogP contribution in [0.15, 0.2) is 121 Å². The molecule has 0 atom stereocenters. The number of benzene rings is 6. The normalized spacial score (nSPS) is 14.1. The second-order valence-corrected chi connectivity index (χ2v) is 22.4. The average Bonchev–Trinajstić information content (AvgIpc) is 3.60. The van der Waals surface area contributed by atoms with E-state index in [0.29, 0.717) is 0 Å². The second-order valence-electron chi connectivity index (χ2n) is 21.3. The third-order valence-electron chi connectivity index (χ3n) is 12.7. The van der Waals surface area contributed by atoms with Crippen molar-refractivity contribution in [3.05, 3.63) is 149 Å². The molecule has 7 aromatic rings. The van der Waals surface area contributed by atoms with Crippen molar-refractivity contribution in [2.24, 2.45) is 0 Å². The van der Waals surface area contributed by atoms with Crippen LogP contribution in [-0.4, -0.2) is 6.71 Å². The maximum absolute atomic E-state index is 2.62. The van der Waals surface area contributed by atoms with E-state index in [1.54, 1.807) is 0 Å². The molecule has 0 radical (unpaired) electrons. The fraction of sp³-hybridized carbons (Fsp3) is 0.309. The number of nitrogens with zero attached hydrogens (tertiary/aromatic N) is 2. The Labute approximate surface area is 358 Å². The molecule has 0 amide bonds. The molecule has 0 N–H and O–H groups in total. The molecular weight excluding hydrogens is 731 g/mol. The Morgan fingerprint density at radius 1 is 0.441 bits per heavy atom. The lowest BCUT2D eigenvalue weighted by Gasteiger charge is -2.45. The maximum Gasteiger partial charge on any atom is 0.252 e. The predicted molar refractivity (Wildman–Crippen MR) is 261 cm³/mol. The van der Waals surface area contributed by atoms with Crippen LogP contribution in [0.5, 0.6) is 0 Å². The monoisotopic (exact) mass is 790 g/mol. The minimum atomic E-state index is -0.0154. The van der Waals surface area contributed by atoms with Crippen LogP contribution in [0, 0.1) is 6.92 Å². The molecule has 2 nitrogen and oxygen atoms in total. The van der Waals surface area contributed by atoms with Gasteiger partial charge in [-0.05, 0) is 139 Å². The Kier molecular flexibility index (Phi) is 9.00. The molecular formula is C55H59BN2S. The molecule has 59 heavy (non-hydrogen) atoms. The Morgan fingerprint density at radius 2 is 0.915 bits per heavy atom. The molecule has 2 aliphatic rings. The summed E-state index contributed by atoms with van der Waals surface area (Å²) in [6.45, 7) is 30.3. The van der Waals surface area contributed by atoms with Gasteiger partial charge in [-0.1, -0.05) is 144 Å². The van der Waals surface area contributed by atoms with Crippen LogP contribution < -0.4 is 26.2 Å². The largest absolute Gasteiger partial charge is 0.311 e. The van der Waals surface area contributed by atoms with Gasteiger partial charge in [0.25, 0.3) is 6.71 Å². The number of aryl methyl sites for hydroxylation is 1. The van der Waals surface area contributed by atoms with Gasteiger partial charge in [0.1, 0.15) is 0 Å². The highest BCUT2D eigenvalue weighted by Gasteiger charge is 2.45. The van der Waals surface area contributed by atoms with Crippen molar-refractivity contribution in [1.82, 2.24) is 0 Å². The Bertz CT molecular complexity index is 2740. The third-order valence-corrected chi connectivity index (χ3v) is 13.9. The molecule has 0 spiro atoms. The molecule has 1 aromatic heterocycles. The van der Waals surface area contributed by atoms with Gasteiger partial charge in [0.15, 0.2) is 0 Å². The first-order valence-electron chi connectivity index (χ1n) is 21.5. The van der Waals surface area contributed by atoms with Gasteiger partial charge in [-0.25, -0.2) is 0 Å². The SMILES string of the molecule is Cc1cc2c3c(c1)N(c1ccc(C(C)(C)C)cc1-c1cc4ccccc4s1)c1ccc(C(C)(C)C)cc1B3c1cc(C(C)(C)C)ccc1N2c1ccc(C(C)(C)C)cc1. The van der Waals surface area contributed by atoms with Crippen molar-refractivity contribution in [3.8, 4) is 10.4 Å². The molecule has 0 unspecified atom stereocenters. The van der Waals surface area contributed by atoms with E-state index in [2.05, 4.69) is 221 Å². The molecule has 0 bridgehead atoms. The second kappa shape index (κ2) is 13.5. The van der Waals surface area contributed by atoms with Crippen LogP contribution in [0.3, 0.4) is 0 Å². The fourth-order valence-corrected chi connectivity index (χ4v) is 10.3. The van der Waals surface area contributed by atoms with Gasteiger partial charge in [-0.2, -0.15) is 0 Å². The Hall–Kier alpha value is -5.06. The van der Waals surface area contributed by atoms with Gasteiger partial charge in [-0.3, -0.25) is 0 Å². The smallest absolute Gasteiger partial charge is 0.252 e. The Morgan fingerprint density at radius 3 is 1.46 bits per heavy atom. The summed E-state index contributed by atoms with van der Waals surface area (Å²) in [6.07, 6.45) is 0. The zero-order valence-corrected chi connectivity index (χ0v) is 38.2. The molecule has 298 valence electrons. The number of hydrogen-bond acceptors (Lipinski definition) is 3. The summed E-state index contributed by atoms with van der Waals surface area (Å²) in [4.78, 5) is 6.48. The quantitative estimate of drug-likeness (QED) is 0.165. The van der Waals surface area contributed by atoms with E-state index in [4.69, 9.17) is 0 Å². The van der Waals surface area contributed by atoms with Crippen LogP contribution in [0.4, 0.5) is 34.1 Å². The zero-order chi connectivity index (χ0) is 42.0. The summed E-state index contributed by atoms with van der Waals surface area (Å²) in [5.41, 5.74) is 19.5. The Balaban J connectivity index is 1.39. The molecule has 0 saturated heterocycles. The minimum absolute atomic E-state index is 0.00349. The average molecular weight is 791 g/mol. The summed E-state index contributed by atoms with van der Waals surface area (Å²) < 4.78 is 1.32. The zero-order valence-electron chi connectivity index (χ0n) is 37.4. The number of anilines is 6. The van der Waals surface area contributed by atoms with Crippen molar-refractivity contribution in [2.45, 2.75) is 112 Å². The summed E-state index contributed by atoms with van der Waals surface area (Å²) in [5, 5.41) is 1.29. The number of hydrogen-bond donors (Lipinski definition) is 0. The summed E-state index contributed by atoms with van der Waals surface area (Å²) in [6, 6.07) is 47.4. The van der Waals surface area contributed by atoms with Crippen molar-refractivity contribution >= 4 is 78.6 Å². The number of rotatable bonds is 3. The van der Waals surface area contributed by atoms with Crippen molar-refractivity contribution in [3.63, 3.8) is 0 Å².